The lowest BCUT2D eigenvalue weighted by Gasteiger charge is -2.51. The van der Waals surface area contributed by atoms with Crippen LogP contribution in [0.5, 0.6) is 0 Å². The number of ether oxygens (including phenoxy) is 1. The van der Waals surface area contributed by atoms with Gasteiger partial charge in [-0.2, -0.15) is 0 Å². The van der Waals surface area contributed by atoms with Crippen LogP contribution in [0.25, 0.3) is 0 Å². The first kappa shape index (κ1) is 18.4. The fraction of sp³-hybridized carbons (Fsp3) is 0.737. The van der Waals surface area contributed by atoms with Gasteiger partial charge in [0.2, 0.25) is 5.91 Å². The Bertz CT molecular complexity index is 590. The molecule has 0 N–H and O–H groups in total. The highest BCUT2D eigenvalue weighted by molar-refractivity contribution is 5.78. The van der Waals surface area contributed by atoms with Crippen molar-refractivity contribution in [3.8, 4) is 0 Å². The minimum absolute atomic E-state index is 0.119. The third-order valence-corrected chi connectivity index (χ3v) is 5.70. The van der Waals surface area contributed by atoms with E-state index in [0.29, 0.717) is 0 Å². The van der Waals surface area contributed by atoms with Crippen LogP contribution < -0.4 is 0 Å². The lowest BCUT2D eigenvalue weighted by atomic mass is 9.82. The quantitative estimate of drug-likeness (QED) is 0.810. The molecule has 6 heteroatoms. The van der Waals surface area contributed by atoms with Crippen molar-refractivity contribution in [1.82, 2.24) is 14.7 Å². The number of likely N-dealkylation sites (N-methyl/N-ethyl adjacent to an activating group) is 1. The van der Waals surface area contributed by atoms with E-state index < -0.39 is 0 Å². The van der Waals surface area contributed by atoms with E-state index in [4.69, 9.17) is 9.15 Å². The molecule has 2 fully saturated rings. The SMILES string of the molecule is Cc1ccc(CN2CCC3(CC2)OCC(=O)N(CCN(C)C)[C@H]3C)o1. The Balaban J connectivity index is 1.59. The van der Waals surface area contributed by atoms with Crippen molar-refractivity contribution in [2.75, 3.05) is 46.9 Å². The molecule has 0 unspecified atom stereocenters. The molecule has 0 aromatic carbocycles. The summed E-state index contributed by atoms with van der Waals surface area (Å²) in [6.45, 7) is 8.80. The minimum Gasteiger partial charge on any atom is -0.465 e. The van der Waals surface area contributed by atoms with Gasteiger partial charge in [-0.05, 0) is 52.9 Å². The minimum atomic E-state index is -0.199. The molecule has 0 radical (unpaired) electrons. The highest BCUT2D eigenvalue weighted by Gasteiger charge is 2.47. The number of nitrogens with zero attached hydrogens (tertiary/aromatic N) is 3. The number of carbonyl (C=O) groups is 1. The number of aryl methyl sites for hydroxylation is 1. The van der Waals surface area contributed by atoms with Gasteiger partial charge in [-0.25, -0.2) is 0 Å². The van der Waals surface area contributed by atoms with Crippen molar-refractivity contribution in [1.29, 1.82) is 0 Å². The third-order valence-electron chi connectivity index (χ3n) is 5.70. The standard InChI is InChI=1S/C19H31N3O3/c1-15-5-6-17(25-15)13-21-9-7-19(8-10-21)16(2)22(12-11-20(3)4)18(23)14-24-19/h5-6,16H,7-14H2,1-4H3/t16-/m0/s1. The molecule has 1 aromatic rings. The Morgan fingerprint density at radius 3 is 2.60 bits per heavy atom. The summed E-state index contributed by atoms with van der Waals surface area (Å²) in [5, 5.41) is 0. The van der Waals surface area contributed by atoms with E-state index in [9.17, 15) is 4.79 Å². The van der Waals surface area contributed by atoms with Crippen molar-refractivity contribution in [2.24, 2.45) is 0 Å². The molecule has 0 saturated carbocycles. The second-order valence-corrected chi connectivity index (χ2v) is 7.71. The van der Waals surface area contributed by atoms with Crippen molar-refractivity contribution >= 4 is 5.91 Å². The molecule has 140 valence electrons. The highest BCUT2D eigenvalue weighted by atomic mass is 16.5. The maximum atomic E-state index is 12.3. The lowest BCUT2D eigenvalue weighted by Crippen LogP contribution is -2.64. The largest absolute Gasteiger partial charge is 0.465 e. The average Bonchev–Trinajstić information content (AvgIpc) is 2.98. The van der Waals surface area contributed by atoms with Gasteiger partial charge in [-0.3, -0.25) is 9.69 Å². The first-order chi connectivity index (χ1) is 11.9. The summed E-state index contributed by atoms with van der Waals surface area (Å²) >= 11 is 0. The lowest BCUT2D eigenvalue weighted by molar-refractivity contribution is -0.187. The zero-order valence-electron chi connectivity index (χ0n) is 16.0. The topological polar surface area (TPSA) is 49.2 Å². The second-order valence-electron chi connectivity index (χ2n) is 7.71. The number of amides is 1. The van der Waals surface area contributed by atoms with Gasteiger partial charge in [0.05, 0.1) is 18.2 Å². The van der Waals surface area contributed by atoms with E-state index in [1.54, 1.807) is 0 Å². The maximum Gasteiger partial charge on any atom is 0.248 e. The van der Waals surface area contributed by atoms with Crippen LogP contribution in [0.15, 0.2) is 16.5 Å². The van der Waals surface area contributed by atoms with E-state index in [0.717, 1.165) is 57.1 Å². The molecule has 0 bridgehead atoms. The van der Waals surface area contributed by atoms with Crippen LogP contribution >= 0.6 is 0 Å². The molecule has 1 amide bonds. The van der Waals surface area contributed by atoms with E-state index in [1.165, 1.54) is 0 Å². The normalized spacial score (nSPS) is 24.4. The van der Waals surface area contributed by atoms with Crippen LogP contribution in [0.1, 0.15) is 31.3 Å². The van der Waals surface area contributed by atoms with Crippen LogP contribution in [0.4, 0.5) is 0 Å². The molecule has 3 rings (SSSR count). The zero-order valence-corrected chi connectivity index (χ0v) is 16.0. The fourth-order valence-corrected chi connectivity index (χ4v) is 3.98. The first-order valence-corrected chi connectivity index (χ1v) is 9.25. The predicted octanol–water partition coefficient (Wildman–Crippen LogP) is 1.73. The predicted molar refractivity (Wildman–Crippen MR) is 96.4 cm³/mol. The molecule has 2 saturated heterocycles. The molecule has 25 heavy (non-hydrogen) atoms. The number of furan rings is 1. The van der Waals surface area contributed by atoms with Crippen LogP contribution in [-0.4, -0.2) is 79.1 Å². The van der Waals surface area contributed by atoms with Crippen molar-refractivity contribution in [3.63, 3.8) is 0 Å². The van der Waals surface area contributed by atoms with Crippen molar-refractivity contribution in [3.05, 3.63) is 23.7 Å². The summed E-state index contributed by atoms with van der Waals surface area (Å²) in [5.41, 5.74) is -0.199. The van der Waals surface area contributed by atoms with Gasteiger partial charge in [0.25, 0.3) is 0 Å². The number of hydrogen-bond acceptors (Lipinski definition) is 5. The Labute approximate surface area is 150 Å². The van der Waals surface area contributed by atoms with E-state index in [-0.39, 0.29) is 24.2 Å². The number of morpholine rings is 1. The molecule has 2 aliphatic heterocycles. The number of likely N-dealkylation sites (tertiary alicyclic amines) is 1. The molecule has 6 nitrogen and oxygen atoms in total. The van der Waals surface area contributed by atoms with E-state index in [2.05, 4.69) is 22.8 Å². The van der Waals surface area contributed by atoms with Gasteiger partial charge in [0.15, 0.2) is 0 Å². The Hall–Kier alpha value is -1.37. The van der Waals surface area contributed by atoms with Gasteiger partial charge in [-0.1, -0.05) is 0 Å². The van der Waals surface area contributed by atoms with Crippen LogP contribution in [-0.2, 0) is 16.1 Å². The monoisotopic (exact) mass is 349 g/mol. The Morgan fingerprint density at radius 2 is 2.00 bits per heavy atom. The molecule has 1 aromatic heterocycles. The van der Waals surface area contributed by atoms with Crippen LogP contribution in [0.2, 0.25) is 0 Å². The molecule has 0 aliphatic carbocycles. The highest BCUT2D eigenvalue weighted by Crippen LogP contribution is 2.36. The van der Waals surface area contributed by atoms with Crippen LogP contribution in [0.3, 0.4) is 0 Å². The van der Waals surface area contributed by atoms with Crippen LogP contribution in [0, 0.1) is 6.92 Å². The average molecular weight is 349 g/mol. The molecule has 2 aliphatic rings. The number of piperidine rings is 1. The summed E-state index contributed by atoms with van der Waals surface area (Å²) in [7, 11) is 4.08. The maximum absolute atomic E-state index is 12.3. The van der Waals surface area contributed by atoms with E-state index >= 15 is 0 Å². The number of rotatable bonds is 5. The van der Waals surface area contributed by atoms with Gasteiger partial charge in [0.1, 0.15) is 18.1 Å². The zero-order chi connectivity index (χ0) is 18.0. The number of hydrogen-bond donors (Lipinski definition) is 0. The second kappa shape index (κ2) is 7.48. The summed E-state index contributed by atoms with van der Waals surface area (Å²) in [6.07, 6.45) is 1.92. The summed E-state index contributed by atoms with van der Waals surface area (Å²) in [5.74, 6) is 2.10. The molecule has 1 spiro atoms. The molecule has 1 atom stereocenters. The van der Waals surface area contributed by atoms with Gasteiger partial charge < -0.3 is 19.0 Å². The summed E-state index contributed by atoms with van der Waals surface area (Å²) < 4.78 is 11.8. The Morgan fingerprint density at radius 1 is 1.28 bits per heavy atom. The van der Waals surface area contributed by atoms with Crippen molar-refractivity contribution in [2.45, 2.75) is 44.9 Å². The van der Waals surface area contributed by atoms with Crippen molar-refractivity contribution < 1.29 is 13.9 Å². The first-order valence-electron chi connectivity index (χ1n) is 9.25. The summed E-state index contributed by atoms with van der Waals surface area (Å²) in [6, 6.07) is 4.20. The molecular formula is C19H31N3O3. The third kappa shape index (κ3) is 4.07. The number of carbonyl (C=O) groups excluding carboxylic acids is 1. The van der Waals surface area contributed by atoms with Gasteiger partial charge in [-0.15, -0.1) is 0 Å². The molecule has 3 heterocycles. The van der Waals surface area contributed by atoms with Gasteiger partial charge in [0, 0.05) is 26.2 Å². The Kier molecular flexibility index (Phi) is 5.51. The van der Waals surface area contributed by atoms with Gasteiger partial charge >= 0.3 is 0 Å². The molecular weight excluding hydrogens is 318 g/mol. The van der Waals surface area contributed by atoms with E-state index in [1.807, 2.05) is 32.0 Å². The summed E-state index contributed by atoms with van der Waals surface area (Å²) in [4.78, 5) is 18.9. The smallest absolute Gasteiger partial charge is 0.248 e. The fourth-order valence-electron chi connectivity index (χ4n) is 3.98.